The van der Waals surface area contributed by atoms with E-state index < -0.39 is 23.5 Å². The highest BCUT2D eigenvalue weighted by atomic mass is 19.4. The van der Waals surface area contributed by atoms with E-state index in [2.05, 4.69) is 17.0 Å². The second-order valence-electron chi connectivity index (χ2n) is 7.27. The number of halogens is 4. The molecule has 0 atom stereocenters. The van der Waals surface area contributed by atoms with Gasteiger partial charge in [0.15, 0.2) is 0 Å². The molecule has 0 unspecified atom stereocenters. The average Bonchev–Trinajstić information content (AvgIpc) is 2.93. The van der Waals surface area contributed by atoms with Crippen molar-refractivity contribution in [1.82, 2.24) is 9.80 Å². The van der Waals surface area contributed by atoms with Crippen LogP contribution >= 0.6 is 0 Å². The molecule has 1 aliphatic rings. The van der Waals surface area contributed by atoms with E-state index in [0.29, 0.717) is 31.8 Å². The quantitative estimate of drug-likeness (QED) is 0.674. The van der Waals surface area contributed by atoms with Crippen molar-refractivity contribution in [3.05, 3.63) is 71.0 Å². The lowest BCUT2D eigenvalue weighted by Gasteiger charge is -2.22. The number of carbonyl (C=O) groups is 1. The zero-order valence-corrected chi connectivity index (χ0v) is 16.1. The van der Waals surface area contributed by atoms with Crippen LogP contribution in [0.15, 0.2) is 48.5 Å². The van der Waals surface area contributed by atoms with Gasteiger partial charge in [0.1, 0.15) is 5.82 Å². The van der Waals surface area contributed by atoms with E-state index in [4.69, 9.17) is 0 Å². The molecular weight excluding hydrogens is 384 g/mol. The Hall–Kier alpha value is -2.41. The Morgan fingerprint density at radius 3 is 2.45 bits per heavy atom. The van der Waals surface area contributed by atoms with E-state index in [9.17, 15) is 22.4 Å². The SMILES string of the molecule is O=C(c1ccc(F)c(C(F)(F)F)c1)N1CCCN(CCCc2ccccc2)CC1. The van der Waals surface area contributed by atoms with E-state index >= 15 is 0 Å². The van der Waals surface area contributed by atoms with Crippen molar-refractivity contribution in [3.63, 3.8) is 0 Å². The maximum atomic E-state index is 13.5. The number of aryl methyl sites for hydroxylation is 1. The molecule has 29 heavy (non-hydrogen) atoms. The fourth-order valence-corrected chi connectivity index (χ4v) is 3.61. The smallest absolute Gasteiger partial charge is 0.337 e. The Morgan fingerprint density at radius 2 is 1.72 bits per heavy atom. The van der Waals surface area contributed by atoms with Crippen LogP contribution in [-0.2, 0) is 12.6 Å². The summed E-state index contributed by atoms with van der Waals surface area (Å²) in [6, 6.07) is 12.7. The zero-order chi connectivity index (χ0) is 20.9. The second-order valence-corrected chi connectivity index (χ2v) is 7.27. The minimum absolute atomic E-state index is 0.128. The van der Waals surface area contributed by atoms with Crippen LogP contribution in [0.4, 0.5) is 17.6 Å². The van der Waals surface area contributed by atoms with Gasteiger partial charge in [-0.25, -0.2) is 4.39 Å². The van der Waals surface area contributed by atoms with Crippen molar-refractivity contribution >= 4 is 5.91 Å². The van der Waals surface area contributed by atoms with Crippen LogP contribution in [0.25, 0.3) is 0 Å². The molecule has 1 saturated heterocycles. The minimum Gasteiger partial charge on any atom is -0.337 e. The number of hydrogen-bond acceptors (Lipinski definition) is 2. The Balaban J connectivity index is 1.55. The number of hydrogen-bond donors (Lipinski definition) is 0. The molecule has 0 bridgehead atoms. The van der Waals surface area contributed by atoms with Gasteiger partial charge in [-0.1, -0.05) is 30.3 Å². The summed E-state index contributed by atoms with van der Waals surface area (Å²) in [7, 11) is 0. The van der Waals surface area contributed by atoms with Crippen LogP contribution < -0.4 is 0 Å². The first-order chi connectivity index (χ1) is 13.8. The van der Waals surface area contributed by atoms with Crippen LogP contribution in [0.3, 0.4) is 0 Å². The van der Waals surface area contributed by atoms with Gasteiger partial charge in [0.2, 0.25) is 0 Å². The molecule has 2 aromatic rings. The fraction of sp³-hybridized carbons (Fsp3) is 0.409. The summed E-state index contributed by atoms with van der Waals surface area (Å²) >= 11 is 0. The molecule has 1 fully saturated rings. The zero-order valence-electron chi connectivity index (χ0n) is 16.1. The van der Waals surface area contributed by atoms with E-state index in [-0.39, 0.29) is 5.56 Å². The molecule has 3 rings (SSSR count). The highest BCUT2D eigenvalue weighted by Crippen LogP contribution is 2.32. The first-order valence-electron chi connectivity index (χ1n) is 9.77. The number of rotatable bonds is 5. The molecule has 2 aromatic carbocycles. The van der Waals surface area contributed by atoms with Gasteiger partial charge in [-0.3, -0.25) is 4.79 Å². The maximum Gasteiger partial charge on any atom is 0.419 e. The summed E-state index contributed by atoms with van der Waals surface area (Å²) in [4.78, 5) is 16.5. The molecule has 0 aromatic heterocycles. The molecule has 0 aliphatic carbocycles. The van der Waals surface area contributed by atoms with Crippen molar-refractivity contribution in [1.29, 1.82) is 0 Å². The average molecular weight is 408 g/mol. The van der Waals surface area contributed by atoms with Crippen LogP contribution in [0.2, 0.25) is 0 Å². The summed E-state index contributed by atoms with van der Waals surface area (Å²) in [5.41, 5.74) is -0.243. The lowest BCUT2D eigenvalue weighted by Crippen LogP contribution is -2.35. The Morgan fingerprint density at radius 1 is 0.966 bits per heavy atom. The van der Waals surface area contributed by atoms with Crippen molar-refractivity contribution in [2.24, 2.45) is 0 Å². The van der Waals surface area contributed by atoms with Gasteiger partial charge in [0.05, 0.1) is 5.56 Å². The Labute approximate surface area is 167 Å². The normalized spacial score (nSPS) is 15.9. The number of benzene rings is 2. The molecule has 156 valence electrons. The van der Waals surface area contributed by atoms with Crippen LogP contribution in [-0.4, -0.2) is 48.4 Å². The first-order valence-corrected chi connectivity index (χ1v) is 9.77. The van der Waals surface area contributed by atoms with Crippen LogP contribution in [0, 0.1) is 5.82 Å². The third-order valence-electron chi connectivity index (χ3n) is 5.18. The first kappa shape index (κ1) is 21.3. The highest BCUT2D eigenvalue weighted by Gasteiger charge is 2.35. The monoisotopic (exact) mass is 408 g/mol. The second kappa shape index (κ2) is 9.39. The van der Waals surface area contributed by atoms with Crippen molar-refractivity contribution in [2.75, 3.05) is 32.7 Å². The van der Waals surface area contributed by atoms with Gasteiger partial charge >= 0.3 is 6.18 Å². The molecular formula is C22H24F4N2O. The van der Waals surface area contributed by atoms with E-state index in [1.165, 1.54) is 5.56 Å². The summed E-state index contributed by atoms with van der Waals surface area (Å²) in [6.45, 7) is 3.35. The molecule has 1 amide bonds. The van der Waals surface area contributed by atoms with Crippen LogP contribution in [0.5, 0.6) is 0 Å². The van der Waals surface area contributed by atoms with Gasteiger partial charge in [-0.2, -0.15) is 13.2 Å². The lowest BCUT2D eigenvalue weighted by atomic mass is 10.1. The van der Waals surface area contributed by atoms with Gasteiger partial charge in [-0.15, -0.1) is 0 Å². The highest BCUT2D eigenvalue weighted by molar-refractivity contribution is 5.94. The number of carbonyl (C=O) groups excluding carboxylic acids is 1. The molecule has 0 saturated carbocycles. The topological polar surface area (TPSA) is 23.6 Å². The molecule has 7 heteroatoms. The molecule has 0 N–H and O–H groups in total. The van der Waals surface area contributed by atoms with Crippen molar-refractivity contribution < 1.29 is 22.4 Å². The predicted molar refractivity (Wildman–Crippen MR) is 103 cm³/mol. The summed E-state index contributed by atoms with van der Waals surface area (Å²) in [6.07, 6.45) is -2.08. The van der Waals surface area contributed by atoms with Crippen molar-refractivity contribution in [2.45, 2.75) is 25.4 Å². The van der Waals surface area contributed by atoms with Gasteiger partial charge in [0.25, 0.3) is 5.91 Å². The Kier molecular flexibility index (Phi) is 6.90. The van der Waals surface area contributed by atoms with Crippen molar-refractivity contribution in [3.8, 4) is 0 Å². The minimum atomic E-state index is -4.82. The number of nitrogens with zero attached hydrogens (tertiary/aromatic N) is 2. The van der Waals surface area contributed by atoms with Gasteiger partial charge in [-0.05, 0) is 56.1 Å². The maximum absolute atomic E-state index is 13.5. The number of alkyl halides is 3. The fourth-order valence-electron chi connectivity index (χ4n) is 3.61. The molecule has 1 aliphatic heterocycles. The molecule has 0 spiro atoms. The van der Waals surface area contributed by atoms with Gasteiger partial charge in [0, 0.05) is 25.2 Å². The van der Waals surface area contributed by atoms with Gasteiger partial charge < -0.3 is 9.80 Å². The summed E-state index contributed by atoms with van der Waals surface area (Å²) in [5.74, 6) is -1.85. The third kappa shape index (κ3) is 5.79. The number of amides is 1. The van der Waals surface area contributed by atoms with E-state index in [0.717, 1.165) is 38.4 Å². The predicted octanol–water partition coefficient (Wildman–Crippen LogP) is 4.63. The summed E-state index contributed by atoms with van der Waals surface area (Å²) in [5, 5.41) is 0. The largest absolute Gasteiger partial charge is 0.419 e. The lowest BCUT2D eigenvalue weighted by molar-refractivity contribution is -0.140. The molecule has 0 radical (unpaired) electrons. The molecule has 3 nitrogen and oxygen atoms in total. The molecule has 1 heterocycles. The van der Waals surface area contributed by atoms with Crippen LogP contribution in [0.1, 0.15) is 34.3 Å². The van der Waals surface area contributed by atoms with E-state index in [1.54, 1.807) is 4.90 Å². The standard InChI is InChI=1S/C22H24F4N2O/c23-20-10-9-18(16-19(20)22(24,25)26)21(29)28-13-5-12-27(14-15-28)11-4-8-17-6-2-1-3-7-17/h1-3,6-7,9-10,16H,4-5,8,11-15H2. The van der Waals surface area contributed by atoms with E-state index in [1.807, 2.05) is 18.2 Å². The third-order valence-corrected chi connectivity index (χ3v) is 5.18. The summed E-state index contributed by atoms with van der Waals surface area (Å²) < 4.78 is 52.2. The Bertz CT molecular complexity index is 823.